The molecule has 0 amide bonds. The minimum atomic E-state index is 0.741. The Balaban J connectivity index is 1.67. The summed E-state index contributed by atoms with van der Waals surface area (Å²) in [5, 5.41) is 0. The van der Waals surface area contributed by atoms with Gasteiger partial charge in [0.05, 0.1) is 11.4 Å². The zero-order chi connectivity index (χ0) is 21.0. The fourth-order valence-electron chi connectivity index (χ4n) is 3.75. The molecule has 0 unspecified atom stereocenters. The van der Waals surface area contributed by atoms with Gasteiger partial charge in [0, 0.05) is 16.7 Å². The third kappa shape index (κ3) is 4.17. The van der Waals surface area contributed by atoms with Crippen LogP contribution in [0.4, 0.5) is 0 Å². The molecule has 0 N–H and O–H groups in total. The Bertz CT molecular complexity index is 1330. The Hall–Kier alpha value is -3.98. The fourth-order valence-corrected chi connectivity index (χ4v) is 3.75. The highest BCUT2D eigenvalue weighted by Gasteiger charge is 2.11. The number of nitrogens with zero attached hydrogens (tertiary/aromatic N) is 2. The van der Waals surface area contributed by atoms with Crippen LogP contribution in [0.5, 0.6) is 0 Å². The molecule has 0 aliphatic carbocycles. The standard InChI is InChI=1S/C28H21BN2/c29-25-16-8-15-24(18-25)28-30-26(21-11-5-2-6-12-21)19-27(31-28)23-14-7-13-22(17-23)20-9-3-1-4-10-20/h1-19H,29H2. The largest absolute Gasteiger partial charge is 0.228 e. The van der Waals surface area contributed by atoms with E-state index in [-0.39, 0.29) is 0 Å². The van der Waals surface area contributed by atoms with Crippen LogP contribution in [0.2, 0.25) is 0 Å². The SMILES string of the molecule is Bc1cccc(-c2nc(-c3ccccc3)cc(-c3cccc(-c4ccccc4)c3)n2)c1. The van der Waals surface area contributed by atoms with Crippen LogP contribution in [-0.2, 0) is 0 Å². The van der Waals surface area contributed by atoms with Crippen molar-refractivity contribution in [3.63, 3.8) is 0 Å². The Kier molecular flexibility index (Phi) is 5.16. The summed E-state index contributed by atoms with van der Waals surface area (Å²) in [5.41, 5.74) is 8.59. The minimum Gasteiger partial charge on any atom is -0.228 e. The van der Waals surface area contributed by atoms with Crippen molar-refractivity contribution in [1.82, 2.24) is 9.97 Å². The Labute approximate surface area is 183 Å². The van der Waals surface area contributed by atoms with Crippen LogP contribution >= 0.6 is 0 Å². The lowest BCUT2D eigenvalue weighted by molar-refractivity contribution is 1.18. The van der Waals surface area contributed by atoms with Gasteiger partial charge < -0.3 is 0 Å². The van der Waals surface area contributed by atoms with Crippen molar-refractivity contribution in [1.29, 1.82) is 0 Å². The first-order valence-corrected chi connectivity index (χ1v) is 10.4. The summed E-state index contributed by atoms with van der Waals surface area (Å²) in [6.45, 7) is 0. The Morgan fingerprint density at radius 1 is 0.419 bits per heavy atom. The molecule has 0 radical (unpaired) electrons. The van der Waals surface area contributed by atoms with Gasteiger partial charge in [-0.2, -0.15) is 0 Å². The molecule has 3 heteroatoms. The molecule has 2 nitrogen and oxygen atoms in total. The average Bonchev–Trinajstić information content (AvgIpc) is 2.85. The smallest absolute Gasteiger partial charge is 0.160 e. The second-order valence-corrected chi connectivity index (χ2v) is 7.64. The van der Waals surface area contributed by atoms with Gasteiger partial charge in [0.2, 0.25) is 0 Å². The van der Waals surface area contributed by atoms with E-state index in [0.29, 0.717) is 0 Å². The molecular formula is C28H21BN2. The van der Waals surface area contributed by atoms with Gasteiger partial charge in [0.15, 0.2) is 5.82 Å². The van der Waals surface area contributed by atoms with Crippen molar-refractivity contribution in [3.05, 3.63) is 115 Å². The van der Waals surface area contributed by atoms with E-state index in [9.17, 15) is 0 Å². The van der Waals surface area contributed by atoms with E-state index in [1.165, 1.54) is 16.6 Å². The summed E-state index contributed by atoms with van der Waals surface area (Å²) < 4.78 is 0. The minimum absolute atomic E-state index is 0.741. The van der Waals surface area contributed by atoms with E-state index in [4.69, 9.17) is 9.97 Å². The number of aromatic nitrogens is 2. The van der Waals surface area contributed by atoms with Crippen LogP contribution in [0.3, 0.4) is 0 Å². The lowest BCUT2D eigenvalue weighted by Gasteiger charge is -2.11. The van der Waals surface area contributed by atoms with Gasteiger partial charge in [0.25, 0.3) is 0 Å². The van der Waals surface area contributed by atoms with E-state index in [2.05, 4.69) is 98.8 Å². The summed E-state index contributed by atoms with van der Waals surface area (Å²) in [6.07, 6.45) is 0. The van der Waals surface area contributed by atoms with E-state index in [1.807, 2.05) is 24.3 Å². The van der Waals surface area contributed by atoms with Crippen LogP contribution in [0.1, 0.15) is 0 Å². The molecule has 5 aromatic rings. The zero-order valence-corrected chi connectivity index (χ0v) is 17.4. The highest BCUT2D eigenvalue weighted by molar-refractivity contribution is 6.32. The molecule has 0 saturated carbocycles. The summed E-state index contributed by atoms with van der Waals surface area (Å²) in [4.78, 5) is 9.87. The van der Waals surface area contributed by atoms with Crippen LogP contribution in [0, 0.1) is 0 Å². The number of hydrogen-bond donors (Lipinski definition) is 0. The van der Waals surface area contributed by atoms with Crippen LogP contribution in [0.25, 0.3) is 45.0 Å². The molecule has 0 aliphatic rings. The van der Waals surface area contributed by atoms with E-state index in [1.54, 1.807) is 0 Å². The van der Waals surface area contributed by atoms with Crippen LogP contribution < -0.4 is 5.46 Å². The predicted octanol–water partition coefficient (Wildman–Crippen LogP) is 5.40. The topological polar surface area (TPSA) is 25.8 Å². The van der Waals surface area contributed by atoms with Crippen molar-refractivity contribution in [2.75, 3.05) is 0 Å². The first-order chi connectivity index (χ1) is 15.3. The first kappa shape index (κ1) is 19.0. The lowest BCUT2D eigenvalue weighted by Crippen LogP contribution is -2.02. The number of hydrogen-bond acceptors (Lipinski definition) is 2. The van der Waals surface area contributed by atoms with Gasteiger partial charge in [-0.05, 0) is 23.3 Å². The number of rotatable bonds is 4. The van der Waals surface area contributed by atoms with Crippen LogP contribution in [0.15, 0.2) is 115 Å². The van der Waals surface area contributed by atoms with Crippen molar-refractivity contribution in [2.24, 2.45) is 0 Å². The van der Waals surface area contributed by atoms with Crippen molar-refractivity contribution >= 4 is 13.3 Å². The van der Waals surface area contributed by atoms with Gasteiger partial charge in [0.1, 0.15) is 7.85 Å². The Morgan fingerprint density at radius 2 is 0.968 bits per heavy atom. The fraction of sp³-hybridized carbons (Fsp3) is 0. The summed E-state index contributed by atoms with van der Waals surface area (Å²) in [5.74, 6) is 0.741. The molecular weight excluding hydrogens is 375 g/mol. The second-order valence-electron chi connectivity index (χ2n) is 7.64. The predicted molar refractivity (Wildman–Crippen MR) is 132 cm³/mol. The summed E-state index contributed by atoms with van der Waals surface area (Å²) >= 11 is 0. The molecule has 0 saturated heterocycles. The van der Waals surface area contributed by atoms with Gasteiger partial charge in [-0.3, -0.25) is 0 Å². The second kappa shape index (κ2) is 8.41. The van der Waals surface area contributed by atoms with Crippen molar-refractivity contribution in [3.8, 4) is 45.0 Å². The van der Waals surface area contributed by atoms with Gasteiger partial charge >= 0.3 is 0 Å². The van der Waals surface area contributed by atoms with Crippen LogP contribution in [-0.4, -0.2) is 17.8 Å². The molecule has 1 heterocycles. The maximum atomic E-state index is 4.96. The third-order valence-corrected chi connectivity index (χ3v) is 5.34. The van der Waals surface area contributed by atoms with E-state index >= 15 is 0 Å². The maximum absolute atomic E-state index is 4.96. The van der Waals surface area contributed by atoms with Gasteiger partial charge in [-0.25, -0.2) is 9.97 Å². The average molecular weight is 396 g/mol. The molecule has 1 aromatic heterocycles. The normalized spacial score (nSPS) is 10.7. The molecule has 0 atom stereocenters. The van der Waals surface area contributed by atoms with Gasteiger partial charge in [-0.1, -0.05) is 109 Å². The van der Waals surface area contributed by atoms with E-state index < -0.39 is 0 Å². The quantitative estimate of drug-likeness (QED) is 0.380. The molecule has 0 fully saturated rings. The summed E-state index contributed by atoms with van der Waals surface area (Å²) in [7, 11) is 2.09. The molecule has 31 heavy (non-hydrogen) atoms. The lowest BCUT2D eigenvalue weighted by atomic mass is 9.94. The molecule has 0 aliphatic heterocycles. The molecule has 0 bridgehead atoms. The molecule has 0 spiro atoms. The van der Waals surface area contributed by atoms with Crippen molar-refractivity contribution in [2.45, 2.75) is 0 Å². The first-order valence-electron chi connectivity index (χ1n) is 10.4. The Morgan fingerprint density at radius 3 is 1.68 bits per heavy atom. The summed E-state index contributed by atoms with van der Waals surface area (Å²) in [6, 6.07) is 39.7. The van der Waals surface area contributed by atoms with Crippen molar-refractivity contribution < 1.29 is 0 Å². The molecule has 4 aromatic carbocycles. The highest BCUT2D eigenvalue weighted by Crippen LogP contribution is 2.29. The number of benzene rings is 4. The molecule has 146 valence electrons. The highest BCUT2D eigenvalue weighted by atomic mass is 14.9. The zero-order valence-electron chi connectivity index (χ0n) is 17.4. The maximum Gasteiger partial charge on any atom is 0.160 e. The van der Waals surface area contributed by atoms with Gasteiger partial charge in [-0.15, -0.1) is 0 Å². The third-order valence-electron chi connectivity index (χ3n) is 5.34. The molecule has 5 rings (SSSR count). The monoisotopic (exact) mass is 396 g/mol. The van der Waals surface area contributed by atoms with E-state index in [0.717, 1.165) is 33.9 Å².